The lowest BCUT2D eigenvalue weighted by atomic mass is 9.88. The molecule has 0 aliphatic carbocycles. The van der Waals surface area contributed by atoms with Gasteiger partial charge >= 0.3 is 6.61 Å². The highest BCUT2D eigenvalue weighted by Crippen LogP contribution is 2.23. The Morgan fingerprint density at radius 3 is 2.70 bits per heavy atom. The minimum absolute atomic E-state index is 0.00571. The van der Waals surface area contributed by atoms with Gasteiger partial charge in [0.15, 0.2) is 0 Å². The zero-order valence-corrected chi connectivity index (χ0v) is 11.8. The van der Waals surface area contributed by atoms with Crippen molar-refractivity contribution in [2.24, 2.45) is 5.41 Å². The lowest BCUT2D eigenvalue weighted by molar-refractivity contribution is -0.0505. The molecule has 0 bridgehead atoms. The number of hydrogen-bond donors (Lipinski definition) is 1. The molecule has 20 heavy (non-hydrogen) atoms. The minimum atomic E-state index is -2.82. The number of nitriles is 1. The number of rotatable bonds is 8. The molecule has 0 amide bonds. The Morgan fingerprint density at radius 1 is 1.35 bits per heavy atom. The molecule has 1 aromatic carbocycles. The first kappa shape index (κ1) is 16.4. The van der Waals surface area contributed by atoms with Crippen LogP contribution in [0.1, 0.15) is 32.3 Å². The van der Waals surface area contributed by atoms with Gasteiger partial charge < -0.3 is 10.1 Å². The Morgan fingerprint density at radius 2 is 2.05 bits per heavy atom. The van der Waals surface area contributed by atoms with Gasteiger partial charge in [0.1, 0.15) is 5.75 Å². The van der Waals surface area contributed by atoms with Gasteiger partial charge in [0.2, 0.25) is 0 Å². The Balaban J connectivity index is 2.51. The molecule has 0 aliphatic rings. The van der Waals surface area contributed by atoms with E-state index in [2.05, 4.69) is 30.0 Å². The number of halogens is 2. The smallest absolute Gasteiger partial charge is 0.387 e. The summed E-state index contributed by atoms with van der Waals surface area (Å²) < 4.78 is 29.0. The molecule has 5 heteroatoms. The molecule has 0 aromatic heterocycles. The third-order valence-corrected chi connectivity index (χ3v) is 3.02. The van der Waals surface area contributed by atoms with Crippen molar-refractivity contribution >= 4 is 0 Å². The summed E-state index contributed by atoms with van der Waals surface area (Å²) in [6.07, 6.45) is 1.31. The zero-order valence-electron chi connectivity index (χ0n) is 11.8. The van der Waals surface area contributed by atoms with Crippen LogP contribution in [0.2, 0.25) is 0 Å². The third-order valence-electron chi connectivity index (χ3n) is 3.02. The maximum Gasteiger partial charge on any atom is 0.387 e. The fraction of sp³-hybridized carbons (Fsp3) is 0.533. The maximum atomic E-state index is 12.3. The first-order chi connectivity index (χ1) is 9.44. The molecular formula is C15H20F2N2O. The van der Waals surface area contributed by atoms with E-state index in [1.807, 2.05) is 0 Å². The van der Waals surface area contributed by atoms with Crippen LogP contribution in [0.4, 0.5) is 8.78 Å². The third kappa shape index (κ3) is 5.98. The van der Waals surface area contributed by atoms with Crippen LogP contribution in [0.15, 0.2) is 24.3 Å². The van der Waals surface area contributed by atoms with Gasteiger partial charge in [-0.25, -0.2) is 0 Å². The summed E-state index contributed by atoms with van der Waals surface area (Å²) >= 11 is 0. The highest BCUT2D eigenvalue weighted by Gasteiger charge is 2.17. The van der Waals surface area contributed by atoms with E-state index in [1.54, 1.807) is 18.2 Å². The summed E-state index contributed by atoms with van der Waals surface area (Å²) in [7, 11) is 0. The van der Waals surface area contributed by atoms with Crippen LogP contribution in [0.25, 0.3) is 0 Å². The molecule has 110 valence electrons. The summed E-state index contributed by atoms with van der Waals surface area (Å²) in [5, 5.41) is 11.8. The largest absolute Gasteiger partial charge is 0.434 e. The van der Waals surface area contributed by atoms with E-state index in [0.717, 1.165) is 6.42 Å². The van der Waals surface area contributed by atoms with E-state index in [-0.39, 0.29) is 11.2 Å². The van der Waals surface area contributed by atoms with Gasteiger partial charge in [0.25, 0.3) is 0 Å². The first-order valence-corrected chi connectivity index (χ1v) is 6.55. The van der Waals surface area contributed by atoms with Gasteiger partial charge in [0, 0.05) is 25.1 Å². The predicted molar refractivity (Wildman–Crippen MR) is 73.4 cm³/mol. The molecule has 0 saturated heterocycles. The Hall–Kier alpha value is -1.67. The lowest BCUT2D eigenvalue weighted by Crippen LogP contribution is -2.29. The number of ether oxygens (including phenoxy) is 1. The Kier molecular flexibility index (Phi) is 6.40. The monoisotopic (exact) mass is 282 g/mol. The van der Waals surface area contributed by atoms with E-state index in [0.29, 0.717) is 25.1 Å². The summed E-state index contributed by atoms with van der Waals surface area (Å²) in [5.41, 5.74) is 0.692. The van der Waals surface area contributed by atoms with Crippen molar-refractivity contribution in [1.29, 1.82) is 5.26 Å². The van der Waals surface area contributed by atoms with E-state index in [4.69, 9.17) is 5.26 Å². The summed E-state index contributed by atoms with van der Waals surface area (Å²) in [6, 6.07) is 8.87. The van der Waals surface area contributed by atoms with E-state index >= 15 is 0 Å². The SMILES string of the molecule is CC(C)(CCC#N)CNCc1ccccc1OC(F)F. The van der Waals surface area contributed by atoms with Crippen molar-refractivity contribution in [3.8, 4) is 11.8 Å². The first-order valence-electron chi connectivity index (χ1n) is 6.55. The van der Waals surface area contributed by atoms with Crippen LogP contribution in [-0.2, 0) is 6.54 Å². The zero-order chi connectivity index (χ0) is 15.0. The summed E-state index contributed by atoms with van der Waals surface area (Å²) in [4.78, 5) is 0. The molecule has 0 atom stereocenters. The van der Waals surface area contributed by atoms with Crippen molar-refractivity contribution in [2.75, 3.05) is 6.54 Å². The number of para-hydroxylation sites is 1. The number of nitrogens with zero attached hydrogens (tertiary/aromatic N) is 1. The predicted octanol–water partition coefficient (Wildman–Crippen LogP) is 3.71. The molecule has 0 heterocycles. The standard InChI is InChI=1S/C15H20F2N2O/c1-15(2,8-5-9-18)11-19-10-12-6-3-4-7-13(12)20-14(16)17/h3-4,6-7,14,19H,5,8,10-11H2,1-2H3. The van der Waals surface area contributed by atoms with E-state index in [9.17, 15) is 8.78 Å². The molecule has 1 N–H and O–H groups in total. The Labute approximate surface area is 118 Å². The second kappa shape index (κ2) is 7.81. The average Bonchev–Trinajstić information content (AvgIpc) is 2.38. The highest BCUT2D eigenvalue weighted by molar-refractivity contribution is 5.33. The van der Waals surface area contributed by atoms with Crippen LogP contribution in [0.5, 0.6) is 5.75 Å². The minimum Gasteiger partial charge on any atom is -0.434 e. The summed E-state index contributed by atoms with van der Waals surface area (Å²) in [5.74, 6) is 0.199. The topological polar surface area (TPSA) is 45.0 Å². The van der Waals surface area contributed by atoms with Gasteiger partial charge in [-0.1, -0.05) is 32.0 Å². The maximum absolute atomic E-state index is 12.3. The molecule has 0 spiro atoms. The van der Waals surface area contributed by atoms with E-state index in [1.165, 1.54) is 6.07 Å². The van der Waals surface area contributed by atoms with Gasteiger partial charge in [-0.2, -0.15) is 14.0 Å². The van der Waals surface area contributed by atoms with E-state index < -0.39 is 6.61 Å². The molecule has 0 saturated carbocycles. The van der Waals surface area contributed by atoms with Crippen LogP contribution < -0.4 is 10.1 Å². The average molecular weight is 282 g/mol. The number of hydrogen-bond acceptors (Lipinski definition) is 3. The number of alkyl halides is 2. The van der Waals surface area contributed by atoms with Crippen molar-refractivity contribution in [1.82, 2.24) is 5.32 Å². The number of nitrogens with one attached hydrogen (secondary N) is 1. The van der Waals surface area contributed by atoms with Gasteiger partial charge in [-0.15, -0.1) is 0 Å². The number of benzene rings is 1. The molecular weight excluding hydrogens is 262 g/mol. The Bertz CT molecular complexity index is 455. The summed E-state index contributed by atoms with van der Waals surface area (Å²) in [6.45, 7) is 2.48. The van der Waals surface area contributed by atoms with Crippen molar-refractivity contribution in [3.05, 3.63) is 29.8 Å². The van der Waals surface area contributed by atoms with Gasteiger partial charge in [0.05, 0.1) is 6.07 Å². The molecule has 0 unspecified atom stereocenters. The molecule has 1 aromatic rings. The van der Waals surface area contributed by atoms with Crippen molar-refractivity contribution in [2.45, 2.75) is 39.8 Å². The molecule has 3 nitrogen and oxygen atoms in total. The van der Waals surface area contributed by atoms with Gasteiger partial charge in [-0.05, 0) is 17.9 Å². The van der Waals surface area contributed by atoms with Crippen LogP contribution in [0, 0.1) is 16.7 Å². The van der Waals surface area contributed by atoms with Crippen LogP contribution in [0.3, 0.4) is 0 Å². The van der Waals surface area contributed by atoms with Gasteiger partial charge in [-0.3, -0.25) is 0 Å². The van der Waals surface area contributed by atoms with Crippen LogP contribution >= 0.6 is 0 Å². The van der Waals surface area contributed by atoms with Crippen LogP contribution in [-0.4, -0.2) is 13.2 Å². The van der Waals surface area contributed by atoms with Crippen molar-refractivity contribution in [3.63, 3.8) is 0 Å². The fourth-order valence-electron chi connectivity index (χ4n) is 1.88. The second-order valence-corrected chi connectivity index (χ2v) is 5.41. The molecule has 1 rings (SSSR count). The van der Waals surface area contributed by atoms with Crippen molar-refractivity contribution < 1.29 is 13.5 Å². The molecule has 0 radical (unpaired) electrons. The molecule has 0 aliphatic heterocycles. The molecule has 0 fully saturated rings. The highest BCUT2D eigenvalue weighted by atomic mass is 19.3. The lowest BCUT2D eigenvalue weighted by Gasteiger charge is -2.24. The quantitative estimate of drug-likeness (QED) is 0.790. The normalized spacial score (nSPS) is 11.4. The second-order valence-electron chi connectivity index (χ2n) is 5.41. The fourth-order valence-corrected chi connectivity index (χ4v) is 1.88.